The molecule has 5 heteroatoms. The summed E-state index contributed by atoms with van der Waals surface area (Å²) in [6.45, 7) is 3.61. The Labute approximate surface area is 133 Å². The molecule has 0 radical (unpaired) electrons. The van der Waals surface area contributed by atoms with E-state index in [2.05, 4.69) is 4.90 Å². The molecule has 0 spiro atoms. The number of carbonyl (C=O) groups is 1. The standard InChI is InChI=1S/C18H19NO4/c1-10-3-2-4-12-16(21)13(18(22)23-17(10)12)9-14-15(20)11-5-7-19(14)8-6-11/h2-4,11,14,21H,5-9H2,1H3. The van der Waals surface area contributed by atoms with Crippen LogP contribution in [0.3, 0.4) is 0 Å². The van der Waals surface area contributed by atoms with E-state index in [0.717, 1.165) is 31.5 Å². The SMILES string of the molecule is Cc1cccc2c(O)c(CC3C(=O)C4CCN3CC4)c(=O)oc12. The zero-order valence-corrected chi connectivity index (χ0v) is 13.0. The molecule has 3 fully saturated rings. The number of carbonyl (C=O) groups excluding carboxylic acids is 1. The third-order valence-electron chi connectivity index (χ3n) is 5.29. The van der Waals surface area contributed by atoms with Crippen LogP contribution >= 0.6 is 0 Å². The molecule has 2 bridgehead atoms. The molecule has 3 aliphatic heterocycles. The average Bonchev–Trinajstić information content (AvgIpc) is 2.55. The fourth-order valence-corrected chi connectivity index (χ4v) is 3.94. The maximum Gasteiger partial charge on any atom is 0.343 e. The highest BCUT2D eigenvalue weighted by Crippen LogP contribution is 2.33. The molecule has 2 aromatic rings. The molecule has 1 unspecified atom stereocenters. The van der Waals surface area contributed by atoms with Crippen LogP contribution in [0.25, 0.3) is 11.0 Å². The van der Waals surface area contributed by atoms with E-state index in [-0.39, 0.29) is 35.5 Å². The van der Waals surface area contributed by atoms with E-state index in [9.17, 15) is 14.7 Å². The van der Waals surface area contributed by atoms with Gasteiger partial charge in [-0.15, -0.1) is 0 Å². The van der Waals surface area contributed by atoms with Crippen LogP contribution in [0, 0.1) is 12.8 Å². The van der Waals surface area contributed by atoms with Crippen molar-refractivity contribution in [2.24, 2.45) is 5.92 Å². The van der Waals surface area contributed by atoms with E-state index >= 15 is 0 Å². The molecule has 120 valence electrons. The number of benzene rings is 1. The summed E-state index contributed by atoms with van der Waals surface area (Å²) in [4.78, 5) is 26.9. The molecule has 0 amide bonds. The Hall–Kier alpha value is -2.14. The molecule has 1 aromatic carbocycles. The molecule has 1 aromatic heterocycles. The minimum Gasteiger partial charge on any atom is -0.507 e. The van der Waals surface area contributed by atoms with Crippen molar-refractivity contribution in [2.45, 2.75) is 32.2 Å². The van der Waals surface area contributed by atoms with Crippen molar-refractivity contribution in [2.75, 3.05) is 13.1 Å². The first-order valence-electron chi connectivity index (χ1n) is 8.08. The summed E-state index contributed by atoms with van der Waals surface area (Å²) in [6.07, 6.45) is 2.05. The second-order valence-corrected chi connectivity index (χ2v) is 6.60. The number of fused-ring (bicyclic) bond motifs is 4. The zero-order valence-electron chi connectivity index (χ0n) is 13.0. The van der Waals surface area contributed by atoms with Crippen LogP contribution in [0.2, 0.25) is 0 Å². The fraction of sp³-hybridized carbons (Fsp3) is 0.444. The van der Waals surface area contributed by atoms with Gasteiger partial charge in [0.25, 0.3) is 0 Å². The number of aryl methyl sites for hydroxylation is 1. The van der Waals surface area contributed by atoms with Gasteiger partial charge in [-0.2, -0.15) is 0 Å². The Balaban J connectivity index is 1.78. The largest absolute Gasteiger partial charge is 0.507 e. The highest BCUT2D eigenvalue weighted by atomic mass is 16.4. The lowest BCUT2D eigenvalue weighted by atomic mass is 9.80. The second-order valence-electron chi connectivity index (χ2n) is 6.60. The number of nitrogens with zero attached hydrogens (tertiary/aromatic N) is 1. The molecule has 0 saturated carbocycles. The summed E-state index contributed by atoms with van der Waals surface area (Å²) in [7, 11) is 0. The number of Topliss-reactive ketones (excluding diaryl/α,β-unsaturated/α-hetero) is 1. The van der Waals surface area contributed by atoms with E-state index in [1.807, 2.05) is 19.1 Å². The Morgan fingerprint density at radius 1 is 1.26 bits per heavy atom. The minimum absolute atomic E-state index is 0.0459. The molecule has 3 saturated heterocycles. The topological polar surface area (TPSA) is 70.8 Å². The van der Waals surface area contributed by atoms with E-state index in [1.54, 1.807) is 6.07 Å². The molecular formula is C18H19NO4. The predicted molar refractivity (Wildman–Crippen MR) is 85.7 cm³/mol. The van der Waals surface area contributed by atoms with Crippen molar-refractivity contribution < 1.29 is 14.3 Å². The van der Waals surface area contributed by atoms with Crippen molar-refractivity contribution >= 4 is 16.8 Å². The van der Waals surface area contributed by atoms with E-state index < -0.39 is 5.63 Å². The van der Waals surface area contributed by atoms with Gasteiger partial charge in [0.1, 0.15) is 11.3 Å². The van der Waals surface area contributed by atoms with Gasteiger partial charge in [0.15, 0.2) is 5.78 Å². The number of hydrogen-bond donors (Lipinski definition) is 1. The molecule has 1 N–H and O–H groups in total. The smallest absolute Gasteiger partial charge is 0.343 e. The normalized spacial score (nSPS) is 26.8. The maximum atomic E-state index is 12.5. The summed E-state index contributed by atoms with van der Waals surface area (Å²) >= 11 is 0. The van der Waals surface area contributed by atoms with Crippen molar-refractivity contribution in [1.29, 1.82) is 0 Å². The summed E-state index contributed by atoms with van der Waals surface area (Å²) in [5, 5.41) is 11.1. The lowest BCUT2D eigenvalue weighted by Crippen LogP contribution is -2.56. The summed E-state index contributed by atoms with van der Waals surface area (Å²) in [6, 6.07) is 5.08. The van der Waals surface area contributed by atoms with Gasteiger partial charge in [-0.05, 0) is 44.5 Å². The summed E-state index contributed by atoms with van der Waals surface area (Å²) < 4.78 is 5.42. The van der Waals surface area contributed by atoms with Gasteiger partial charge >= 0.3 is 5.63 Å². The number of para-hydroxylation sites is 1. The Morgan fingerprint density at radius 3 is 2.70 bits per heavy atom. The molecule has 4 heterocycles. The number of aromatic hydroxyl groups is 1. The summed E-state index contributed by atoms with van der Waals surface area (Å²) in [5.41, 5.74) is 0.891. The molecule has 0 aliphatic carbocycles. The van der Waals surface area contributed by atoms with Crippen molar-refractivity contribution in [3.8, 4) is 5.75 Å². The van der Waals surface area contributed by atoms with Crippen LogP contribution in [0.4, 0.5) is 0 Å². The van der Waals surface area contributed by atoms with Crippen molar-refractivity contribution in [1.82, 2.24) is 4.90 Å². The molecule has 23 heavy (non-hydrogen) atoms. The Morgan fingerprint density at radius 2 is 2.00 bits per heavy atom. The third-order valence-corrected chi connectivity index (χ3v) is 5.29. The highest BCUT2D eigenvalue weighted by molar-refractivity contribution is 5.89. The first kappa shape index (κ1) is 14.5. The molecule has 5 nitrogen and oxygen atoms in total. The first-order chi connectivity index (χ1) is 11.1. The summed E-state index contributed by atoms with van der Waals surface area (Å²) in [5.74, 6) is 0.267. The Kier molecular flexibility index (Phi) is 3.27. The van der Waals surface area contributed by atoms with Crippen LogP contribution in [0.1, 0.15) is 24.0 Å². The molecule has 5 rings (SSSR count). The molecule has 3 aliphatic rings. The van der Waals surface area contributed by atoms with Gasteiger partial charge in [0, 0.05) is 12.3 Å². The van der Waals surface area contributed by atoms with Gasteiger partial charge in [-0.3, -0.25) is 9.69 Å². The highest BCUT2D eigenvalue weighted by Gasteiger charge is 2.41. The van der Waals surface area contributed by atoms with Crippen LogP contribution < -0.4 is 5.63 Å². The molecule has 1 atom stereocenters. The monoisotopic (exact) mass is 313 g/mol. The third kappa shape index (κ3) is 2.18. The second kappa shape index (κ2) is 5.20. The quantitative estimate of drug-likeness (QED) is 0.859. The number of ketones is 1. The van der Waals surface area contributed by atoms with Gasteiger partial charge < -0.3 is 9.52 Å². The Bertz CT molecular complexity index is 846. The first-order valence-corrected chi connectivity index (χ1v) is 8.08. The van der Waals surface area contributed by atoms with E-state index in [1.165, 1.54) is 0 Å². The van der Waals surface area contributed by atoms with Crippen LogP contribution in [0.5, 0.6) is 5.75 Å². The lowest BCUT2D eigenvalue weighted by molar-refractivity contribution is -0.136. The maximum absolute atomic E-state index is 12.5. The van der Waals surface area contributed by atoms with Crippen LogP contribution in [-0.2, 0) is 11.2 Å². The zero-order chi connectivity index (χ0) is 16.1. The van der Waals surface area contributed by atoms with Gasteiger partial charge in [-0.25, -0.2) is 4.79 Å². The average molecular weight is 313 g/mol. The fourth-order valence-electron chi connectivity index (χ4n) is 3.94. The van der Waals surface area contributed by atoms with Gasteiger partial charge in [0.05, 0.1) is 17.0 Å². The lowest BCUT2D eigenvalue weighted by Gasteiger charge is -2.44. The van der Waals surface area contributed by atoms with Crippen LogP contribution in [-0.4, -0.2) is 34.9 Å². The van der Waals surface area contributed by atoms with E-state index in [4.69, 9.17) is 4.42 Å². The van der Waals surface area contributed by atoms with Crippen LogP contribution in [0.15, 0.2) is 27.4 Å². The predicted octanol–water partition coefficient (Wildman–Crippen LogP) is 2.01. The van der Waals surface area contributed by atoms with Gasteiger partial charge in [-0.1, -0.05) is 12.1 Å². The minimum atomic E-state index is -0.542. The number of hydrogen-bond acceptors (Lipinski definition) is 5. The number of piperidine rings is 3. The molecular weight excluding hydrogens is 294 g/mol. The van der Waals surface area contributed by atoms with Crippen molar-refractivity contribution in [3.63, 3.8) is 0 Å². The van der Waals surface area contributed by atoms with Crippen molar-refractivity contribution in [3.05, 3.63) is 39.7 Å². The number of rotatable bonds is 2. The van der Waals surface area contributed by atoms with Gasteiger partial charge in [0.2, 0.25) is 0 Å². The van der Waals surface area contributed by atoms with E-state index in [0.29, 0.717) is 11.0 Å².